The van der Waals surface area contributed by atoms with Crippen molar-refractivity contribution in [2.45, 2.75) is 37.6 Å². The van der Waals surface area contributed by atoms with Crippen LogP contribution in [0.2, 0.25) is 0 Å². The lowest BCUT2D eigenvalue weighted by Crippen LogP contribution is -2.30. The van der Waals surface area contributed by atoms with Gasteiger partial charge in [-0.2, -0.15) is 4.98 Å². The molecule has 2 aliphatic heterocycles. The second kappa shape index (κ2) is 6.68. The highest BCUT2D eigenvalue weighted by Gasteiger charge is 2.35. The molecule has 2 aromatic rings. The number of nitrogens with zero attached hydrogens (tertiary/aromatic N) is 4. The normalized spacial score (nSPS) is 22.0. The van der Waals surface area contributed by atoms with Crippen LogP contribution in [0.1, 0.15) is 59.7 Å². The van der Waals surface area contributed by atoms with Crippen LogP contribution < -0.4 is 0 Å². The van der Waals surface area contributed by atoms with Crippen LogP contribution in [0.15, 0.2) is 29.0 Å². The van der Waals surface area contributed by atoms with Gasteiger partial charge in [-0.1, -0.05) is 5.16 Å². The molecule has 2 saturated heterocycles. The fourth-order valence-electron chi connectivity index (χ4n) is 3.43. The molecule has 1 unspecified atom stereocenters. The van der Waals surface area contributed by atoms with Crippen molar-refractivity contribution in [3.8, 4) is 0 Å². The Balaban J connectivity index is 1.52. The third-order valence-electron chi connectivity index (χ3n) is 4.77. The number of hydrogen-bond acceptors (Lipinski definition) is 6. The highest BCUT2D eigenvalue weighted by atomic mass is 16.5. The quantitative estimate of drug-likeness (QED) is 0.860. The summed E-state index contributed by atoms with van der Waals surface area (Å²) < 4.78 is 10.9. The summed E-state index contributed by atoms with van der Waals surface area (Å²) in [5.74, 6) is 1.58. The minimum atomic E-state index is -0.133. The van der Waals surface area contributed by atoms with Crippen molar-refractivity contribution in [3.05, 3.63) is 41.8 Å². The van der Waals surface area contributed by atoms with Crippen molar-refractivity contribution in [1.29, 1.82) is 0 Å². The fraction of sp³-hybridized carbons (Fsp3) is 0.529. The zero-order valence-corrected chi connectivity index (χ0v) is 13.4. The van der Waals surface area contributed by atoms with Gasteiger partial charge in [-0.3, -0.25) is 9.78 Å². The molecule has 2 aromatic heterocycles. The first-order valence-corrected chi connectivity index (χ1v) is 8.45. The van der Waals surface area contributed by atoms with E-state index in [9.17, 15) is 4.79 Å². The third kappa shape index (κ3) is 2.91. The molecule has 7 nitrogen and oxygen atoms in total. The molecule has 0 aromatic carbocycles. The molecule has 1 amide bonds. The molecule has 2 aliphatic rings. The van der Waals surface area contributed by atoms with Crippen LogP contribution in [0.5, 0.6) is 0 Å². The van der Waals surface area contributed by atoms with Crippen molar-refractivity contribution < 1.29 is 14.1 Å². The number of hydrogen-bond donors (Lipinski definition) is 0. The maximum Gasteiger partial charge on any atom is 0.254 e. The Kier molecular flexibility index (Phi) is 4.25. The lowest BCUT2D eigenvalue weighted by Gasteiger charge is -2.22. The molecule has 7 heteroatoms. The minimum absolute atomic E-state index is 0.00860. The highest BCUT2D eigenvalue weighted by Crippen LogP contribution is 2.33. The van der Waals surface area contributed by atoms with Crippen LogP contribution in [0.25, 0.3) is 0 Å². The Morgan fingerprint density at radius 1 is 1.17 bits per heavy atom. The summed E-state index contributed by atoms with van der Waals surface area (Å²) in [6, 6.07) is 3.34. The van der Waals surface area contributed by atoms with Crippen molar-refractivity contribution in [2.75, 3.05) is 19.8 Å². The topological polar surface area (TPSA) is 81.4 Å². The van der Waals surface area contributed by atoms with Gasteiger partial charge in [-0.15, -0.1) is 0 Å². The monoisotopic (exact) mass is 328 g/mol. The van der Waals surface area contributed by atoms with E-state index in [1.54, 1.807) is 24.5 Å². The lowest BCUT2D eigenvalue weighted by atomic mass is 10.00. The average molecular weight is 328 g/mol. The molecule has 126 valence electrons. The van der Waals surface area contributed by atoms with Crippen LogP contribution in [-0.4, -0.2) is 45.7 Å². The predicted octanol–water partition coefficient (Wildman–Crippen LogP) is 2.34. The van der Waals surface area contributed by atoms with Gasteiger partial charge in [0.15, 0.2) is 5.82 Å². The molecule has 0 saturated carbocycles. The second-order valence-electron chi connectivity index (χ2n) is 6.27. The SMILES string of the molecule is O=C(c1ccncc1)N1CCCC1c1nc(C2CCOCC2)no1. The number of rotatable bonds is 3. The van der Waals surface area contributed by atoms with E-state index in [-0.39, 0.29) is 11.9 Å². The van der Waals surface area contributed by atoms with Gasteiger partial charge in [-0.25, -0.2) is 0 Å². The number of ether oxygens (including phenoxy) is 1. The molecule has 4 heterocycles. The largest absolute Gasteiger partial charge is 0.381 e. The van der Waals surface area contributed by atoms with Crippen molar-refractivity contribution >= 4 is 5.91 Å². The van der Waals surface area contributed by atoms with E-state index in [2.05, 4.69) is 15.1 Å². The maximum absolute atomic E-state index is 12.7. The summed E-state index contributed by atoms with van der Waals surface area (Å²) in [7, 11) is 0. The van der Waals surface area contributed by atoms with Gasteiger partial charge in [-0.05, 0) is 37.8 Å². The number of aromatic nitrogens is 3. The van der Waals surface area contributed by atoms with E-state index < -0.39 is 0 Å². The number of amides is 1. The summed E-state index contributed by atoms with van der Waals surface area (Å²) in [4.78, 5) is 23.1. The number of carbonyl (C=O) groups is 1. The lowest BCUT2D eigenvalue weighted by molar-refractivity contribution is 0.0709. The molecule has 0 bridgehead atoms. The number of carbonyl (C=O) groups excluding carboxylic acids is 1. The second-order valence-corrected chi connectivity index (χ2v) is 6.27. The first kappa shape index (κ1) is 15.3. The van der Waals surface area contributed by atoms with E-state index in [0.29, 0.717) is 23.9 Å². The van der Waals surface area contributed by atoms with Crippen LogP contribution >= 0.6 is 0 Å². The summed E-state index contributed by atoms with van der Waals surface area (Å²) in [6.45, 7) is 2.19. The molecule has 24 heavy (non-hydrogen) atoms. The Bertz CT molecular complexity index is 697. The third-order valence-corrected chi connectivity index (χ3v) is 4.77. The first-order chi connectivity index (χ1) is 11.8. The highest BCUT2D eigenvalue weighted by molar-refractivity contribution is 5.94. The van der Waals surface area contributed by atoms with Crippen LogP contribution in [0.4, 0.5) is 0 Å². The Morgan fingerprint density at radius 3 is 2.75 bits per heavy atom. The number of pyridine rings is 1. The van der Waals surface area contributed by atoms with E-state index in [1.165, 1.54) is 0 Å². The maximum atomic E-state index is 12.7. The van der Waals surface area contributed by atoms with E-state index >= 15 is 0 Å². The summed E-state index contributed by atoms with van der Waals surface area (Å²) in [5.41, 5.74) is 0.640. The fourth-order valence-corrected chi connectivity index (χ4v) is 3.43. The van der Waals surface area contributed by atoms with E-state index in [4.69, 9.17) is 9.26 Å². The minimum Gasteiger partial charge on any atom is -0.381 e. The smallest absolute Gasteiger partial charge is 0.254 e. The van der Waals surface area contributed by atoms with Gasteiger partial charge < -0.3 is 14.2 Å². The molecular weight excluding hydrogens is 308 g/mol. The standard InChI is InChI=1S/C17H20N4O3/c22-17(13-3-7-18-8-4-13)21-9-1-2-14(21)16-19-15(20-24-16)12-5-10-23-11-6-12/h3-4,7-8,12,14H,1-2,5-6,9-11H2. The average Bonchev–Trinajstić information content (AvgIpc) is 3.32. The Hall–Kier alpha value is -2.28. The zero-order valence-electron chi connectivity index (χ0n) is 13.4. The summed E-state index contributed by atoms with van der Waals surface area (Å²) >= 11 is 0. The van der Waals surface area contributed by atoms with Gasteiger partial charge in [0.1, 0.15) is 6.04 Å². The molecule has 0 spiro atoms. The van der Waals surface area contributed by atoms with Crippen molar-refractivity contribution in [3.63, 3.8) is 0 Å². The summed E-state index contributed by atoms with van der Waals surface area (Å²) in [6.07, 6.45) is 6.90. The molecule has 4 rings (SSSR count). The molecule has 0 radical (unpaired) electrons. The van der Waals surface area contributed by atoms with Crippen molar-refractivity contribution in [1.82, 2.24) is 20.0 Å². The van der Waals surface area contributed by atoms with Crippen molar-refractivity contribution in [2.24, 2.45) is 0 Å². The van der Waals surface area contributed by atoms with Gasteiger partial charge >= 0.3 is 0 Å². The van der Waals surface area contributed by atoms with Crippen LogP contribution in [0, 0.1) is 0 Å². The molecule has 0 aliphatic carbocycles. The molecule has 1 atom stereocenters. The Morgan fingerprint density at radius 2 is 1.96 bits per heavy atom. The molecule has 2 fully saturated rings. The van der Waals surface area contributed by atoms with Crippen LogP contribution in [-0.2, 0) is 4.74 Å². The van der Waals surface area contributed by atoms with Gasteiger partial charge in [0.25, 0.3) is 5.91 Å². The number of likely N-dealkylation sites (tertiary alicyclic amines) is 1. The van der Waals surface area contributed by atoms with Crippen LogP contribution in [0.3, 0.4) is 0 Å². The zero-order chi connectivity index (χ0) is 16.4. The van der Waals surface area contributed by atoms with Gasteiger partial charge in [0.05, 0.1) is 0 Å². The Labute approximate surface area is 140 Å². The van der Waals surface area contributed by atoms with Gasteiger partial charge in [0.2, 0.25) is 5.89 Å². The summed E-state index contributed by atoms with van der Waals surface area (Å²) in [5, 5.41) is 4.16. The molecule has 0 N–H and O–H groups in total. The predicted molar refractivity (Wildman–Crippen MR) is 84.3 cm³/mol. The molecular formula is C17H20N4O3. The van der Waals surface area contributed by atoms with E-state index in [1.807, 2.05) is 4.90 Å². The first-order valence-electron chi connectivity index (χ1n) is 8.45. The van der Waals surface area contributed by atoms with E-state index in [0.717, 1.165) is 44.7 Å². The van der Waals surface area contributed by atoms with Gasteiger partial charge in [0, 0.05) is 43.6 Å².